The molecular formula is C13H19N3O3S2. The molecule has 0 fully saturated rings. The molecule has 8 heteroatoms. The van der Waals surface area contributed by atoms with Crippen LogP contribution in [-0.2, 0) is 16.9 Å². The van der Waals surface area contributed by atoms with Crippen LogP contribution in [0.1, 0.15) is 18.5 Å². The maximum Gasteiger partial charge on any atom is 0.190 e. The molecule has 0 radical (unpaired) electrons. The quantitative estimate of drug-likeness (QED) is 0.791. The first kappa shape index (κ1) is 16.2. The highest BCUT2D eigenvalue weighted by atomic mass is 32.2. The summed E-state index contributed by atoms with van der Waals surface area (Å²) in [4.78, 5) is 0. The number of thiophene rings is 1. The second-order valence-electron chi connectivity index (χ2n) is 4.94. The first-order valence-corrected chi connectivity index (χ1v) is 9.08. The number of sulfone groups is 1. The third-order valence-electron chi connectivity index (χ3n) is 3.10. The second kappa shape index (κ2) is 6.69. The molecule has 0 aliphatic carbocycles. The van der Waals surface area contributed by atoms with E-state index in [0.717, 1.165) is 5.56 Å². The molecule has 0 bridgehead atoms. The number of aromatic nitrogens is 2. The highest BCUT2D eigenvalue weighted by molar-refractivity contribution is 7.93. The summed E-state index contributed by atoms with van der Waals surface area (Å²) >= 11 is 1.17. The Morgan fingerprint density at radius 2 is 2.29 bits per heavy atom. The van der Waals surface area contributed by atoms with Gasteiger partial charge in [-0.25, -0.2) is 8.42 Å². The largest absolute Gasteiger partial charge is 0.391 e. The summed E-state index contributed by atoms with van der Waals surface area (Å²) in [5.74, 6) is -0.278. The summed E-state index contributed by atoms with van der Waals surface area (Å²) in [6, 6.07) is 3.24. The van der Waals surface area contributed by atoms with E-state index in [2.05, 4.69) is 10.4 Å². The molecule has 2 unspecified atom stereocenters. The normalized spacial score (nSPS) is 15.0. The smallest absolute Gasteiger partial charge is 0.190 e. The van der Waals surface area contributed by atoms with Crippen molar-refractivity contribution in [1.29, 1.82) is 0 Å². The molecule has 21 heavy (non-hydrogen) atoms. The fourth-order valence-electron chi connectivity index (χ4n) is 1.93. The Morgan fingerprint density at radius 1 is 1.52 bits per heavy atom. The maximum absolute atomic E-state index is 12.0. The number of aliphatic hydroxyl groups is 1. The first-order valence-electron chi connectivity index (χ1n) is 6.55. The van der Waals surface area contributed by atoms with E-state index in [9.17, 15) is 13.5 Å². The van der Waals surface area contributed by atoms with Crippen molar-refractivity contribution in [3.8, 4) is 0 Å². The number of nitrogens with zero attached hydrogens (tertiary/aromatic N) is 2. The Kier molecular flexibility index (Phi) is 5.15. The van der Waals surface area contributed by atoms with Gasteiger partial charge in [-0.1, -0.05) is 6.07 Å². The molecule has 2 aromatic rings. The molecule has 2 heterocycles. The van der Waals surface area contributed by atoms with Crippen molar-refractivity contribution in [2.24, 2.45) is 7.05 Å². The average Bonchev–Trinajstić information content (AvgIpc) is 3.06. The summed E-state index contributed by atoms with van der Waals surface area (Å²) < 4.78 is 26.1. The molecule has 0 saturated heterocycles. The van der Waals surface area contributed by atoms with Crippen molar-refractivity contribution in [1.82, 2.24) is 15.1 Å². The number of aliphatic hydroxyl groups excluding tert-OH is 1. The molecule has 2 N–H and O–H groups in total. The number of rotatable bonds is 7. The fourth-order valence-corrected chi connectivity index (χ4v) is 4.41. The van der Waals surface area contributed by atoms with Crippen LogP contribution in [0.4, 0.5) is 0 Å². The fraction of sp³-hybridized carbons (Fsp3) is 0.462. The van der Waals surface area contributed by atoms with Gasteiger partial charge in [0.15, 0.2) is 9.84 Å². The summed E-state index contributed by atoms with van der Waals surface area (Å²) in [6.07, 6.45) is 2.68. The van der Waals surface area contributed by atoms with Gasteiger partial charge in [0.2, 0.25) is 0 Å². The van der Waals surface area contributed by atoms with E-state index in [1.807, 2.05) is 20.2 Å². The second-order valence-corrected chi connectivity index (χ2v) is 8.15. The summed E-state index contributed by atoms with van der Waals surface area (Å²) in [7, 11) is -1.58. The SMILES string of the molecule is CC(NCC(O)CS(=O)(=O)c1cccs1)c1cnn(C)c1. The van der Waals surface area contributed by atoms with Gasteiger partial charge in [-0.15, -0.1) is 11.3 Å². The topological polar surface area (TPSA) is 84.2 Å². The van der Waals surface area contributed by atoms with Crippen molar-refractivity contribution in [2.45, 2.75) is 23.3 Å². The van der Waals surface area contributed by atoms with Gasteiger partial charge in [0, 0.05) is 31.4 Å². The lowest BCUT2D eigenvalue weighted by Gasteiger charge is -2.16. The minimum atomic E-state index is -3.41. The van der Waals surface area contributed by atoms with E-state index < -0.39 is 15.9 Å². The average molecular weight is 329 g/mol. The summed E-state index contributed by atoms with van der Waals surface area (Å²) in [5, 5.41) is 18.8. The lowest BCUT2D eigenvalue weighted by Crippen LogP contribution is -2.33. The van der Waals surface area contributed by atoms with Crippen molar-refractivity contribution < 1.29 is 13.5 Å². The zero-order valence-electron chi connectivity index (χ0n) is 11.9. The van der Waals surface area contributed by atoms with E-state index in [-0.39, 0.29) is 18.3 Å². The minimum Gasteiger partial charge on any atom is -0.391 e. The maximum atomic E-state index is 12.0. The number of hydrogen-bond acceptors (Lipinski definition) is 6. The van der Waals surface area contributed by atoms with Crippen LogP contribution >= 0.6 is 11.3 Å². The van der Waals surface area contributed by atoms with Crippen LogP contribution in [-0.4, -0.2) is 41.7 Å². The molecule has 0 spiro atoms. The predicted octanol–water partition coefficient (Wildman–Crippen LogP) is 0.967. The highest BCUT2D eigenvalue weighted by Crippen LogP contribution is 2.18. The molecule has 116 valence electrons. The monoisotopic (exact) mass is 329 g/mol. The summed E-state index contributed by atoms with van der Waals surface area (Å²) in [6.45, 7) is 2.15. The van der Waals surface area contributed by atoms with Gasteiger partial charge in [0.05, 0.1) is 18.1 Å². The Labute approximate surface area is 128 Å². The molecule has 0 amide bonds. The zero-order chi connectivity index (χ0) is 15.5. The number of aryl methyl sites for hydroxylation is 1. The predicted molar refractivity (Wildman–Crippen MR) is 82.0 cm³/mol. The van der Waals surface area contributed by atoms with Crippen molar-refractivity contribution in [3.05, 3.63) is 35.5 Å². The van der Waals surface area contributed by atoms with Gasteiger partial charge in [-0.2, -0.15) is 5.10 Å². The Bertz CT molecular complexity index is 665. The van der Waals surface area contributed by atoms with Crippen LogP contribution < -0.4 is 5.32 Å². The van der Waals surface area contributed by atoms with Crippen molar-refractivity contribution in [2.75, 3.05) is 12.3 Å². The van der Waals surface area contributed by atoms with Crippen LogP contribution in [0.15, 0.2) is 34.1 Å². The van der Waals surface area contributed by atoms with E-state index in [0.29, 0.717) is 4.21 Å². The van der Waals surface area contributed by atoms with Crippen LogP contribution in [0.3, 0.4) is 0 Å². The lowest BCUT2D eigenvalue weighted by atomic mass is 10.2. The van der Waals surface area contributed by atoms with Crippen molar-refractivity contribution in [3.63, 3.8) is 0 Å². The Morgan fingerprint density at radius 3 is 2.86 bits per heavy atom. The van der Waals surface area contributed by atoms with E-state index in [4.69, 9.17) is 0 Å². The van der Waals surface area contributed by atoms with E-state index in [1.165, 1.54) is 11.3 Å². The molecule has 2 rings (SSSR count). The minimum absolute atomic E-state index is 0.00204. The molecule has 6 nitrogen and oxygen atoms in total. The van der Waals surface area contributed by atoms with E-state index >= 15 is 0 Å². The Hall–Kier alpha value is -1.22. The standard InChI is InChI=1S/C13H19N3O3S2/c1-10(11-6-15-16(2)8-11)14-7-12(17)9-21(18,19)13-4-3-5-20-13/h3-6,8,10,12,14,17H,7,9H2,1-2H3. The molecular weight excluding hydrogens is 310 g/mol. The number of nitrogens with one attached hydrogen (secondary N) is 1. The third-order valence-corrected chi connectivity index (χ3v) is 6.38. The van der Waals surface area contributed by atoms with Crippen LogP contribution in [0, 0.1) is 0 Å². The Balaban J connectivity index is 1.86. The highest BCUT2D eigenvalue weighted by Gasteiger charge is 2.21. The molecule has 2 aromatic heterocycles. The zero-order valence-corrected chi connectivity index (χ0v) is 13.6. The molecule has 0 aliphatic heterocycles. The van der Waals surface area contributed by atoms with Crippen LogP contribution in [0.2, 0.25) is 0 Å². The van der Waals surface area contributed by atoms with Gasteiger partial charge in [0.25, 0.3) is 0 Å². The van der Waals surface area contributed by atoms with Crippen LogP contribution in [0.25, 0.3) is 0 Å². The van der Waals surface area contributed by atoms with Gasteiger partial charge in [-0.05, 0) is 18.4 Å². The van der Waals surface area contributed by atoms with Crippen molar-refractivity contribution >= 4 is 21.2 Å². The van der Waals surface area contributed by atoms with Gasteiger partial charge < -0.3 is 10.4 Å². The number of hydrogen-bond donors (Lipinski definition) is 2. The summed E-state index contributed by atoms with van der Waals surface area (Å²) in [5.41, 5.74) is 0.991. The molecule has 0 aliphatic rings. The van der Waals surface area contributed by atoms with Gasteiger partial charge in [-0.3, -0.25) is 4.68 Å². The molecule has 0 aromatic carbocycles. The van der Waals surface area contributed by atoms with Gasteiger partial charge >= 0.3 is 0 Å². The van der Waals surface area contributed by atoms with E-state index in [1.54, 1.807) is 28.4 Å². The third kappa shape index (κ3) is 4.37. The van der Waals surface area contributed by atoms with Gasteiger partial charge in [0.1, 0.15) is 4.21 Å². The molecule has 2 atom stereocenters. The lowest BCUT2D eigenvalue weighted by molar-refractivity contribution is 0.189. The molecule has 0 saturated carbocycles. The first-order chi connectivity index (χ1) is 9.88. The van der Waals surface area contributed by atoms with Crippen LogP contribution in [0.5, 0.6) is 0 Å².